The molecule has 0 saturated carbocycles. The topological polar surface area (TPSA) is 40.6 Å². The number of hydrogen-bond acceptors (Lipinski definition) is 3. The summed E-state index contributed by atoms with van der Waals surface area (Å²) in [7, 11) is -3.06. The van der Waals surface area contributed by atoms with Crippen molar-refractivity contribution in [1.82, 2.24) is 9.21 Å². The summed E-state index contributed by atoms with van der Waals surface area (Å²) >= 11 is 0. The molecular weight excluding hydrogens is 224 g/mol. The van der Waals surface area contributed by atoms with E-state index in [0.717, 1.165) is 13.0 Å². The molecule has 1 heterocycles. The quantitative estimate of drug-likeness (QED) is 0.752. The standard InChI is InChI=1S/C11H24N2O2S/c1-6-11-8-13(16(5,14)15)10(4)7-12(11)9(2)3/h9-11H,6-8H2,1-5H3. The lowest BCUT2D eigenvalue weighted by molar-refractivity contribution is 0.0559. The fourth-order valence-electron chi connectivity index (χ4n) is 2.50. The molecule has 2 unspecified atom stereocenters. The van der Waals surface area contributed by atoms with Gasteiger partial charge in [0.05, 0.1) is 6.26 Å². The highest BCUT2D eigenvalue weighted by molar-refractivity contribution is 7.88. The minimum atomic E-state index is -3.06. The second-order valence-electron chi connectivity index (χ2n) is 5.03. The van der Waals surface area contributed by atoms with Gasteiger partial charge in [0, 0.05) is 31.2 Å². The van der Waals surface area contributed by atoms with E-state index in [1.807, 2.05) is 6.92 Å². The molecule has 0 N–H and O–H groups in total. The SMILES string of the molecule is CCC1CN(S(C)(=O)=O)C(C)CN1C(C)C. The predicted octanol–water partition coefficient (Wildman–Crippen LogP) is 1.14. The summed E-state index contributed by atoms with van der Waals surface area (Å²) in [5, 5.41) is 0. The van der Waals surface area contributed by atoms with Crippen LogP contribution in [0.25, 0.3) is 0 Å². The largest absolute Gasteiger partial charge is 0.295 e. The molecule has 0 amide bonds. The lowest BCUT2D eigenvalue weighted by atomic mass is 10.1. The van der Waals surface area contributed by atoms with Crippen molar-refractivity contribution in [3.8, 4) is 0 Å². The van der Waals surface area contributed by atoms with Crippen molar-refractivity contribution in [3.05, 3.63) is 0 Å². The monoisotopic (exact) mass is 248 g/mol. The maximum absolute atomic E-state index is 11.6. The highest BCUT2D eigenvalue weighted by Gasteiger charge is 2.35. The second-order valence-corrected chi connectivity index (χ2v) is 6.97. The van der Waals surface area contributed by atoms with E-state index < -0.39 is 10.0 Å². The van der Waals surface area contributed by atoms with Crippen molar-refractivity contribution in [2.45, 2.75) is 52.2 Å². The van der Waals surface area contributed by atoms with E-state index in [2.05, 4.69) is 25.7 Å². The maximum atomic E-state index is 11.6. The number of sulfonamides is 1. The van der Waals surface area contributed by atoms with Crippen LogP contribution in [0.3, 0.4) is 0 Å². The lowest BCUT2D eigenvalue weighted by Crippen LogP contribution is -2.60. The predicted molar refractivity (Wildman–Crippen MR) is 66.9 cm³/mol. The van der Waals surface area contributed by atoms with Crippen molar-refractivity contribution < 1.29 is 8.42 Å². The Labute approximate surface area is 99.7 Å². The van der Waals surface area contributed by atoms with E-state index in [-0.39, 0.29) is 6.04 Å². The van der Waals surface area contributed by atoms with Gasteiger partial charge < -0.3 is 0 Å². The Balaban J connectivity index is 2.86. The number of piperazine rings is 1. The van der Waals surface area contributed by atoms with Crippen molar-refractivity contribution >= 4 is 10.0 Å². The Kier molecular flexibility index (Phi) is 4.37. The van der Waals surface area contributed by atoms with Crippen LogP contribution >= 0.6 is 0 Å². The summed E-state index contributed by atoms with van der Waals surface area (Å²) in [6.45, 7) is 9.92. The van der Waals surface area contributed by atoms with E-state index in [1.54, 1.807) is 4.31 Å². The Morgan fingerprint density at radius 3 is 2.25 bits per heavy atom. The molecular formula is C11H24N2O2S. The minimum absolute atomic E-state index is 0.0835. The Bertz CT molecular complexity index is 327. The number of rotatable bonds is 3. The van der Waals surface area contributed by atoms with Crippen LogP contribution in [0.5, 0.6) is 0 Å². The number of nitrogens with zero attached hydrogens (tertiary/aromatic N) is 2. The smallest absolute Gasteiger partial charge is 0.211 e. The van der Waals surface area contributed by atoms with Gasteiger partial charge in [0.15, 0.2) is 0 Å². The molecule has 1 saturated heterocycles. The molecule has 0 radical (unpaired) electrons. The summed E-state index contributed by atoms with van der Waals surface area (Å²) in [5.41, 5.74) is 0. The Hall–Kier alpha value is -0.130. The van der Waals surface area contributed by atoms with Gasteiger partial charge in [0.2, 0.25) is 10.0 Å². The van der Waals surface area contributed by atoms with Gasteiger partial charge in [-0.05, 0) is 27.2 Å². The first-order valence-electron chi connectivity index (χ1n) is 6.00. The first kappa shape index (κ1) is 13.9. The van der Waals surface area contributed by atoms with E-state index in [4.69, 9.17) is 0 Å². The van der Waals surface area contributed by atoms with Crippen molar-refractivity contribution in [2.75, 3.05) is 19.3 Å². The highest BCUT2D eigenvalue weighted by Crippen LogP contribution is 2.21. The van der Waals surface area contributed by atoms with E-state index in [0.29, 0.717) is 18.6 Å². The summed E-state index contributed by atoms with van der Waals surface area (Å²) in [6, 6.07) is 0.917. The molecule has 96 valence electrons. The van der Waals surface area contributed by atoms with Crippen LogP contribution in [0, 0.1) is 0 Å². The van der Waals surface area contributed by atoms with Gasteiger partial charge in [-0.15, -0.1) is 0 Å². The summed E-state index contributed by atoms with van der Waals surface area (Å²) < 4.78 is 24.9. The van der Waals surface area contributed by atoms with Gasteiger partial charge >= 0.3 is 0 Å². The van der Waals surface area contributed by atoms with Gasteiger partial charge in [-0.1, -0.05) is 6.92 Å². The molecule has 1 aliphatic heterocycles. The molecule has 0 bridgehead atoms. The zero-order valence-corrected chi connectivity index (χ0v) is 11.8. The fraction of sp³-hybridized carbons (Fsp3) is 1.00. The molecule has 1 fully saturated rings. The lowest BCUT2D eigenvalue weighted by Gasteiger charge is -2.45. The fourth-order valence-corrected chi connectivity index (χ4v) is 3.66. The van der Waals surface area contributed by atoms with E-state index in [1.165, 1.54) is 6.26 Å². The number of hydrogen-bond donors (Lipinski definition) is 0. The van der Waals surface area contributed by atoms with Crippen LogP contribution in [0.4, 0.5) is 0 Å². The van der Waals surface area contributed by atoms with Crippen LogP contribution in [-0.2, 0) is 10.0 Å². The van der Waals surface area contributed by atoms with Crippen molar-refractivity contribution in [2.24, 2.45) is 0 Å². The van der Waals surface area contributed by atoms with Crippen LogP contribution < -0.4 is 0 Å². The third kappa shape index (κ3) is 2.96. The van der Waals surface area contributed by atoms with Crippen LogP contribution in [0.2, 0.25) is 0 Å². The van der Waals surface area contributed by atoms with Crippen LogP contribution in [0.1, 0.15) is 34.1 Å². The van der Waals surface area contributed by atoms with Gasteiger partial charge in [-0.2, -0.15) is 4.31 Å². The average Bonchev–Trinajstić information content (AvgIpc) is 2.15. The van der Waals surface area contributed by atoms with Gasteiger partial charge in [-0.25, -0.2) is 8.42 Å². The zero-order valence-electron chi connectivity index (χ0n) is 11.0. The summed E-state index contributed by atoms with van der Waals surface area (Å²) in [4.78, 5) is 2.41. The van der Waals surface area contributed by atoms with Crippen molar-refractivity contribution in [1.29, 1.82) is 0 Å². The van der Waals surface area contributed by atoms with Gasteiger partial charge in [0.25, 0.3) is 0 Å². The Morgan fingerprint density at radius 2 is 1.88 bits per heavy atom. The third-order valence-corrected chi connectivity index (χ3v) is 4.75. The Morgan fingerprint density at radius 1 is 1.31 bits per heavy atom. The zero-order chi connectivity index (χ0) is 12.5. The van der Waals surface area contributed by atoms with Crippen molar-refractivity contribution in [3.63, 3.8) is 0 Å². The van der Waals surface area contributed by atoms with Crippen LogP contribution in [0.15, 0.2) is 0 Å². The van der Waals surface area contributed by atoms with E-state index in [9.17, 15) is 8.42 Å². The maximum Gasteiger partial charge on any atom is 0.211 e. The molecule has 0 spiro atoms. The van der Waals surface area contributed by atoms with E-state index >= 15 is 0 Å². The molecule has 0 aromatic rings. The molecule has 1 rings (SSSR count). The van der Waals surface area contributed by atoms with Gasteiger partial charge in [0.1, 0.15) is 0 Å². The van der Waals surface area contributed by atoms with Gasteiger partial charge in [-0.3, -0.25) is 4.90 Å². The summed E-state index contributed by atoms with van der Waals surface area (Å²) in [5.74, 6) is 0. The third-order valence-electron chi connectivity index (χ3n) is 3.39. The molecule has 16 heavy (non-hydrogen) atoms. The normalized spacial score (nSPS) is 29.9. The molecule has 2 atom stereocenters. The minimum Gasteiger partial charge on any atom is -0.295 e. The molecule has 1 aliphatic rings. The van der Waals surface area contributed by atoms with Crippen LogP contribution in [-0.4, -0.2) is 55.1 Å². The summed E-state index contributed by atoms with van der Waals surface area (Å²) in [6.07, 6.45) is 2.30. The molecule has 0 aliphatic carbocycles. The molecule has 0 aromatic heterocycles. The average molecular weight is 248 g/mol. The molecule has 0 aromatic carbocycles. The molecule has 5 heteroatoms. The highest BCUT2D eigenvalue weighted by atomic mass is 32.2. The first-order chi connectivity index (χ1) is 7.27. The first-order valence-corrected chi connectivity index (χ1v) is 7.84. The second kappa shape index (κ2) is 5.02. The molecule has 4 nitrogen and oxygen atoms in total.